The van der Waals surface area contributed by atoms with Crippen LogP contribution in [0.1, 0.15) is 11.1 Å². The van der Waals surface area contributed by atoms with E-state index in [1.54, 1.807) is 0 Å². The second-order valence-corrected chi connectivity index (χ2v) is 34.4. The Balaban J connectivity index is 1.01. The van der Waals surface area contributed by atoms with Crippen LogP contribution in [0.3, 0.4) is 0 Å². The molecule has 0 aliphatic carbocycles. The fourth-order valence-corrected chi connectivity index (χ4v) is 15.9. The van der Waals surface area contributed by atoms with E-state index in [0.29, 0.717) is 0 Å². The number of anilines is 6. The summed E-state index contributed by atoms with van der Waals surface area (Å²) < 4.78 is 5.15. The zero-order valence-corrected chi connectivity index (χ0v) is 48.7. The summed E-state index contributed by atoms with van der Waals surface area (Å²) in [5.74, 6) is 0. The van der Waals surface area contributed by atoms with Gasteiger partial charge >= 0.3 is 0 Å². The number of hydrogen-bond donors (Lipinski definition) is 0. The van der Waals surface area contributed by atoms with Crippen molar-refractivity contribution in [2.45, 2.75) is 53.1 Å². The first-order chi connectivity index (χ1) is 38.8. The number of hydrogen-bond acceptors (Lipinski definition) is 2. The molecule has 0 unspecified atom stereocenters. The average molecular weight is 1060 g/mol. The first kappa shape index (κ1) is 48.2. The highest BCUT2D eigenvalue weighted by molar-refractivity contribution is 6.89. The Morgan fingerprint density at radius 2 is 0.675 bits per heavy atom. The highest BCUT2D eigenvalue weighted by Gasteiger charge is 2.30. The third-order valence-electron chi connectivity index (χ3n) is 17.3. The number of benzene rings is 11. The van der Waals surface area contributed by atoms with Crippen LogP contribution in [0, 0.1) is 13.8 Å². The van der Waals surface area contributed by atoms with Crippen molar-refractivity contribution >= 4 is 137 Å². The number of fused-ring (bicyclic) bond motifs is 12. The van der Waals surface area contributed by atoms with Crippen LogP contribution in [0.4, 0.5) is 34.1 Å². The maximum absolute atomic E-state index is 2.58. The first-order valence-corrected chi connectivity index (χ1v) is 35.3. The Morgan fingerprint density at radius 1 is 0.300 bits per heavy atom. The molecule has 0 spiro atoms. The summed E-state index contributed by atoms with van der Waals surface area (Å²) in [6, 6.07) is 87.2. The van der Waals surface area contributed by atoms with E-state index in [4.69, 9.17) is 0 Å². The van der Waals surface area contributed by atoms with Crippen LogP contribution < -0.4 is 20.2 Å². The largest absolute Gasteiger partial charge is 0.309 e. The molecular formula is C74H62N4Si2. The van der Waals surface area contributed by atoms with Crippen LogP contribution in [0.2, 0.25) is 39.3 Å². The van der Waals surface area contributed by atoms with Gasteiger partial charge in [-0.2, -0.15) is 0 Å². The molecule has 4 nitrogen and oxygen atoms in total. The fraction of sp³-hybridized carbons (Fsp3) is 0.108. The molecule has 0 radical (unpaired) electrons. The quantitative estimate of drug-likeness (QED) is 0.127. The van der Waals surface area contributed by atoms with Gasteiger partial charge in [-0.05, 0) is 109 Å². The lowest BCUT2D eigenvalue weighted by Gasteiger charge is -2.30. The van der Waals surface area contributed by atoms with Gasteiger partial charge in [0.15, 0.2) is 0 Å². The van der Waals surface area contributed by atoms with E-state index < -0.39 is 16.1 Å². The van der Waals surface area contributed by atoms with Gasteiger partial charge in [-0.15, -0.1) is 0 Å². The fourth-order valence-electron chi connectivity index (χ4n) is 13.5. The van der Waals surface area contributed by atoms with Crippen molar-refractivity contribution in [1.29, 1.82) is 0 Å². The van der Waals surface area contributed by atoms with Crippen molar-refractivity contribution in [2.24, 2.45) is 0 Å². The van der Waals surface area contributed by atoms with Gasteiger partial charge in [-0.1, -0.05) is 207 Å². The molecule has 0 aliphatic rings. The third kappa shape index (κ3) is 7.18. The Bertz CT molecular complexity index is 4590. The van der Waals surface area contributed by atoms with E-state index in [0.717, 1.165) is 11.4 Å². The lowest BCUT2D eigenvalue weighted by molar-refractivity contribution is 1.28. The minimum atomic E-state index is -1.57. The molecule has 0 N–H and O–H groups in total. The lowest BCUT2D eigenvalue weighted by atomic mass is 9.96. The van der Waals surface area contributed by atoms with Crippen molar-refractivity contribution in [3.05, 3.63) is 242 Å². The summed E-state index contributed by atoms with van der Waals surface area (Å²) in [4.78, 5) is 5.09. The zero-order valence-electron chi connectivity index (χ0n) is 46.7. The number of nitrogens with zero attached hydrogens (tertiary/aromatic N) is 4. The summed E-state index contributed by atoms with van der Waals surface area (Å²) in [6.45, 7) is 19.1. The monoisotopic (exact) mass is 1060 g/mol. The SMILES string of the molecule is Cc1cccc(N(c2ccc([Si](C)(C)C)cc2)c2ccc3c4cc5c(cc4n4c6ccccc6c2c34)c2ccc(N(c3ccc([Si](C)(C)C)cc3)c3cccc(C)c3-c3ccccc3)c3c4ccccc4n5c23)c1-c1ccccc1. The highest BCUT2D eigenvalue weighted by Crippen LogP contribution is 2.53. The summed E-state index contributed by atoms with van der Waals surface area (Å²) in [5.41, 5.74) is 21.7. The van der Waals surface area contributed by atoms with Crippen molar-refractivity contribution in [3.63, 3.8) is 0 Å². The molecule has 0 saturated carbocycles. The van der Waals surface area contributed by atoms with E-state index in [1.807, 2.05) is 0 Å². The van der Waals surface area contributed by atoms with Crippen molar-refractivity contribution in [3.8, 4) is 22.3 Å². The molecule has 4 aromatic heterocycles. The maximum Gasteiger partial charge on any atom is 0.0775 e. The minimum absolute atomic E-state index is 1.15. The van der Waals surface area contributed by atoms with Crippen molar-refractivity contribution in [1.82, 2.24) is 8.80 Å². The first-order valence-electron chi connectivity index (χ1n) is 28.3. The predicted molar refractivity (Wildman–Crippen MR) is 351 cm³/mol. The molecule has 11 aromatic carbocycles. The normalized spacial score (nSPS) is 12.5. The molecule has 0 aliphatic heterocycles. The Kier molecular flexibility index (Phi) is 10.7. The molecule has 386 valence electrons. The van der Waals surface area contributed by atoms with Gasteiger partial charge in [-0.3, -0.25) is 0 Å². The van der Waals surface area contributed by atoms with Crippen LogP contribution in [-0.4, -0.2) is 24.9 Å². The van der Waals surface area contributed by atoms with Gasteiger partial charge in [0, 0.05) is 65.6 Å². The maximum atomic E-state index is 2.58. The Labute approximate surface area is 469 Å². The molecular weight excluding hydrogens is 1000 g/mol. The van der Waals surface area contributed by atoms with Gasteiger partial charge in [0.2, 0.25) is 0 Å². The van der Waals surface area contributed by atoms with Gasteiger partial charge in [0.05, 0.1) is 72.0 Å². The van der Waals surface area contributed by atoms with Crippen LogP contribution >= 0.6 is 0 Å². The standard InChI is InChI=1S/C74H62N4Si2/c1-47-21-19-31-63(69(47)49-23-11-9-12-24-49)75(51-33-37-53(38-34-51)79(3,4)5)65-43-41-55-59-45-68-60(46-67(59)77-61-29-17-15-27-57(61)71(65)73(55)77)56-42-44-66(72-58-28-16-18-30-62(58)78(68)74(56)72)76(52-35-39-54(40-36-52)80(6,7)8)64-32-20-22-48(2)70(64)50-25-13-10-14-26-50/h9-46H,1-8H3. The van der Waals surface area contributed by atoms with Gasteiger partial charge < -0.3 is 18.6 Å². The van der Waals surface area contributed by atoms with Crippen LogP contribution in [0.25, 0.3) is 98.4 Å². The second kappa shape index (κ2) is 17.8. The second-order valence-electron chi connectivity index (χ2n) is 24.2. The smallest absolute Gasteiger partial charge is 0.0775 e. The number of aryl methyl sites for hydroxylation is 2. The molecule has 15 rings (SSSR count). The molecule has 80 heavy (non-hydrogen) atoms. The van der Waals surface area contributed by atoms with Crippen molar-refractivity contribution in [2.75, 3.05) is 9.80 Å². The van der Waals surface area contributed by atoms with E-state index in [-0.39, 0.29) is 0 Å². The van der Waals surface area contributed by atoms with Gasteiger partial charge in [-0.25, -0.2) is 0 Å². The molecule has 15 aromatic rings. The molecule has 0 bridgehead atoms. The molecule has 0 fully saturated rings. The summed E-state index contributed by atoms with van der Waals surface area (Å²) in [7, 11) is -3.15. The topological polar surface area (TPSA) is 15.3 Å². The predicted octanol–water partition coefficient (Wildman–Crippen LogP) is 20.0. The van der Waals surface area contributed by atoms with E-state index in [1.165, 1.54) is 143 Å². The molecule has 0 atom stereocenters. The number of aromatic nitrogens is 2. The van der Waals surface area contributed by atoms with Crippen LogP contribution in [-0.2, 0) is 0 Å². The molecule has 4 heterocycles. The van der Waals surface area contributed by atoms with E-state index in [9.17, 15) is 0 Å². The molecule has 6 heteroatoms. The highest BCUT2D eigenvalue weighted by atomic mass is 28.3. The van der Waals surface area contributed by atoms with Crippen LogP contribution in [0.5, 0.6) is 0 Å². The Morgan fingerprint density at radius 3 is 1.06 bits per heavy atom. The van der Waals surface area contributed by atoms with Gasteiger partial charge in [0.25, 0.3) is 0 Å². The summed E-state index contributed by atoms with van der Waals surface area (Å²) >= 11 is 0. The average Bonchev–Trinajstić information content (AvgIpc) is 2.84. The zero-order chi connectivity index (χ0) is 54.3. The number of para-hydroxylation sites is 2. The minimum Gasteiger partial charge on any atom is -0.309 e. The van der Waals surface area contributed by atoms with Crippen LogP contribution in [0.15, 0.2) is 231 Å². The lowest BCUT2D eigenvalue weighted by Crippen LogP contribution is -2.37. The molecule has 0 amide bonds. The Hall–Kier alpha value is -8.95. The summed E-state index contributed by atoms with van der Waals surface area (Å²) in [6.07, 6.45) is 0. The number of rotatable bonds is 10. The third-order valence-corrected chi connectivity index (χ3v) is 21.5. The van der Waals surface area contributed by atoms with Gasteiger partial charge in [0.1, 0.15) is 0 Å². The van der Waals surface area contributed by atoms with E-state index in [2.05, 4.69) is 302 Å². The summed E-state index contributed by atoms with van der Waals surface area (Å²) in [5, 5.41) is 12.9. The van der Waals surface area contributed by atoms with Crippen molar-refractivity contribution < 1.29 is 0 Å². The molecule has 0 saturated heterocycles. The van der Waals surface area contributed by atoms with E-state index >= 15 is 0 Å².